The van der Waals surface area contributed by atoms with Crippen molar-refractivity contribution in [3.8, 4) is 0 Å². The Bertz CT molecular complexity index is 1330. The number of carbonyl (C=O) groups excluding carboxylic acids is 1. The minimum atomic E-state index is -1.57. The molecule has 480 valence electrons. The molecule has 0 aromatic rings. The SMILES string of the molecule is CCCCCCCCCC/C=C\CCCCCCCCCCCCCCCCCCCCCCCCCC(=O)NC(COC1OC(CO)C(O)C(O)C1O)C(O)/C=C/CCCCCCCCCCCCCCCCCCCCCCC. The Morgan fingerprint density at radius 3 is 1.00 bits per heavy atom. The van der Waals surface area contributed by atoms with Gasteiger partial charge in [-0.1, -0.05) is 346 Å². The maximum atomic E-state index is 13.1. The molecule has 0 spiro atoms. The highest BCUT2D eigenvalue weighted by Crippen LogP contribution is 2.24. The van der Waals surface area contributed by atoms with Gasteiger partial charge in [-0.05, 0) is 44.9 Å². The number of ether oxygens (including phenoxy) is 2. The van der Waals surface area contributed by atoms with Crippen LogP contribution in [0.1, 0.15) is 373 Å². The molecule has 6 N–H and O–H groups in total. The van der Waals surface area contributed by atoms with Crippen molar-refractivity contribution in [1.29, 1.82) is 0 Å². The van der Waals surface area contributed by atoms with Crippen LogP contribution in [0.5, 0.6) is 0 Å². The number of unbranched alkanes of at least 4 members (excludes halogenated alkanes) is 52. The van der Waals surface area contributed by atoms with E-state index in [2.05, 4.69) is 31.3 Å². The second-order valence-corrected chi connectivity index (χ2v) is 25.4. The molecular weight excluding hydrogens is 1010 g/mol. The van der Waals surface area contributed by atoms with E-state index in [-0.39, 0.29) is 12.5 Å². The third-order valence-electron chi connectivity index (χ3n) is 17.5. The first-order valence-corrected chi connectivity index (χ1v) is 36.1. The van der Waals surface area contributed by atoms with Gasteiger partial charge in [0.25, 0.3) is 0 Å². The van der Waals surface area contributed by atoms with E-state index in [0.29, 0.717) is 6.42 Å². The van der Waals surface area contributed by atoms with Crippen molar-refractivity contribution in [1.82, 2.24) is 5.32 Å². The van der Waals surface area contributed by atoms with Crippen LogP contribution in [0.25, 0.3) is 0 Å². The van der Waals surface area contributed by atoms with Crippen molar-refractivity contribution in [3.63, 3.8) is 0 Å². The fourth-order valence-corrected chi connectivity index (χ4v) is 11.9. The number of hydrogen-bond acceptors (Lipinski definition) is 8. The standard InChI is InChI=1S/C72H139NO8/c1-3-5-7-9-11-13-15-17-19-21-23-25-27-28-29-30-31-32-33-34-35-36-37-38-40-42-44-46-48-50-52-54-56-58-60-62-68(76)73-65(64-80-72-71(79)70(78)69(77)67(63-74)81-72)66(75)61-59-57-55-53-51-49-47-45-43-41-39-26-24-22-20-18-16-14-12-10-8-6-4-2/h21,23,59,61,65-67,69-72,74-75,77-79H,3-20,22,24-58,60,62-64H2,1-2H3,(H,73,76)/b23-21-,61-59+. The van der Waals surface area contributed by atoms with E-state index in [0.717, 1.165) is 38.5 Å². The molecule has 81 heavy (non-hydrogen) atoms. The molecule has 1 aliphatic heterocycles. The Hall–Kier alpha value is -1.33. The van der Waals surface area contributed by atoms with E-state index >= 15 is 0 Å². The molecule has 1 aliphatic rings. The number of aliphatic hydroxyl groups excluding tert-OH is 5. The van der Waals surface area contributed by atoms with Gasteiger partial charge in [0.05, 0.1) is 25.4 Å². The van der Waals surface area contributed by atoms with Crippen molar-refractivity contribution in [2.45, 2.75) is 416 Å². The fraction of sp³-hybridized carbons (Fsp3) is 0.931. The first-order valence-electron chi connectivity index (χ1n) is 36.1. The predicted octanol–water partition coefficient (Wildman–Crippen LogP) is 19.6. The molecule has 1 rings (SSSR count). The molecule has 0 aliphatic carbocycles. The molecule has 0 saturated carbocycles. The number of aliphatic hydroxyl groups is 5. The molecule has 9 heteroatoms. The molecular formula is C72H139NO8. The second kappa shape index (κ2) is 61.7. The van der Waals surface area contributed by atoms with Crippen LogP contribution in [0, 0.1) is 0 Å². The molecule has 1 fully saturated rings. The Morgan fingerprint density at radius 2 is 0.691 bits per heavy atom. The quantitative estimate of drug-likeness (QED) is 0.0261. The number of allylic oxidation sites excluding steroid dienone is 3. The molecule has 0 bridgehead atoms. The summed E-state index contributed by atoms with van der Waals surface area (Å²) in [5.74, 6) is -0.168. The zero-order valence-corrected chi connectivity index (χ0v) is 53.8. The lowest BCUT2D eigenvalue weighted by molar-refractivity contribution is -0.302. The lowest BCUT2D eigenvalue weighted by Crippen LogP contribution is -2.60. The monoisotopic (exact) mass is 1150 g/mol. The zero-order chi connectivity index (χ0) is 58.6. The predicted molar refractivity (Wildman–Crippen MR) is 346 cm³/mol. The van der Waals surface area contributed by atoms with Gasteiger partial charge in [0.2, 0.25) is 5.91 Å². The number of carbonyl (C=O) groups is 1. The summed E-state index contributed by atoms with van der Waals surface area (Å²) in [4.78, 5) is 13.1. The largest absolute Gasteiger partial charge is 0.394 e. The summed E-state index contributed by atoms with van der Waals surface area (Å²) in [7, 11) is 0. The Labute approximate surface area is 502 Å². The molecule has 1 amide bonds. The second-order valence-electron chi connectivity index (χ2n) is 25.4. The Morgan fingerprint density at radius 1 is 0.407 bits per heavy atom. The van der Waals surface area contributed by atoms with Crippen molar-refractivity contribution in [3.05, 3.63) is 24.3 Å². The van der Waals surface area contributed by atoms with Crippen LogP contribution in [-0.2, 0) is 14.3 Å². The van der Waals surface area contributed by atoms with E-state index in [1.807, 2.05) is 6.08 Å². The van der Waals surface area contributed by atoms with E-state index < -0.39 is 49.5 Å². The summed E-state index contributed by atoms with van der Waals surface area (Å²) in [6, 6.07) is -0.803. The van der Waals surface area contributed by atoms with Crippen LogP contribution < -0.4 is 5.32 Å². The topological polar surface area (TPSA) is 149 Å². The van der Waals surface area contributed by atoms with Crippen molar-refractivity contribution in [2.24, 2.45) is 0 Å². The third-order valence-corrected chi connectivity index (χ3v) is 17.5. The highest BCUT2D eigenvalue weighted by Gasteiger charge is 2.44. The zero-order valence-electron chi connectivity index (χ0n) is 53.8. The summed E-state index contributed by atoms with van der Waals surface area (Å²) < 4.78 is 11.3. The lowest BCUT2D eigenvalue weighted by atomic mass is 9.99. The molecule has 7 unspecified atom stereocenters. The molecule has 7 atom stereocenters. The Kier molecular flexibility index (Phi) is 59.2. The van der Waals surface area contributed by atoms with E-state index in [1.54, 1.807) is 6.08 Å². The average molecular weight is 1150 g/mol. The summed E-state index contributed by atoms with van der Waals surface area (Å²) in [5, 5.41) is 54.8. The molecule has 0 aromatic heterocycles. The molecule has 9 nitrogen and oxygen atoms in total. The van der Waals surface area contributed by atoms with Crippen LogP contribution in [0.4, 0.5) is 0 Å². The maximum Gasteiger partial charge on any atom is 0.220 e. The van der Waals surface area contributed by atoms with Gasteiger partial charge in [-0.25, -0.2) is 0 Å². The Balaban J connectivity index is 2.08. The van der Waals surface area contributed by atoms with Gasteiger partial charge >= 0.3 is 0 Å². The van der Waals surface area contributed by atoms with Crippen molar-refractivity contribution >= 4 is 5.91 Å². The number of hydrogen-bond donors (Lipinski definition) is 6. The van der Waals surface area contributed by atoms with E-state index in [9.17, 15) is 30.3 Å². The molecule has 0 radical (unpaired) electrons. The normalized spacial score (nSPS) is 18.4. The van der Waals surface area contributed by atoms with E-state index in [1.165, 1.54) is 315 Å². The van der Waals surface area contributed by atoms with Crippen LogP contribution >= 0.6 is 0 Å². The van der Waals surface area contributed by atoms with Gasteiger partial charge in [0.15, 0.2) is 6.29 Å². The molecule has 0 aromatic carbocycles. The highest BCUT2D eigenvalue weighted by molar-refractivity contribution is 5.76. The van der Waals surface area contributed by atoms with Crippen LogP contribution in [0.3, 0.4) is 0 Å². The minimum Gasteiger partial charge on any atom is -0.394 e. The minimum absolute atomic E-state index is 0.168. The van der Waals surface area contributed by atoms with Gasteiger partial charge in [0, 0.05) is 6.42 Å². The third kappa shape index (κ3) is 50.5. The van der Waals surface area contributed by atoms with Crippen molar-refractivity contribution < 1.29 is 39.8 Å². The van der Waals surface area contributed by atoms with Crippen molar-refractivity contribution in [2.75, 3.05) is 13.2 Å². The van der Waals surface area contributed by atoms with Gasteiger partial charge in [-0.15, -0.1) is 0 Å². The summed E-state index contributed by atoms with van der Waals surface area (Å²) in [6.07, 6.45) is 74.4. The van der Waals surface area contributed by atoms with Crippen LogP contribution in [-0.4, -0.2) is 87.5 Å². The van der Waals surface area contributed by atoms with Gasteiger partial charge in [-0.3, -0.25) is 4.79 Å². The van der Waals surface area contributed by atoms with Crippen LogP contribution in [0.2, 0.25) is 0 Å². The highest BCUT2D eigenvalue weighted by atomic mass is 16.7. The number of amides is 1. The molecule has 1 heterocycles. The summed E-state index contributed by atoms with van der Waals surface area (Å²) in [6.45, 7) is 3.84. The summed E-state index contributed by atoms with van der Waals surface area (Å²) >= 11 is 0. The number of nitrogens with one attached hydrogen (secondary N) is 1. The fourth-order valence-electron chi connectivity index (χ4n) is 11.9. The van der Waals surface area contributed by atoms with E-state index in [4.69, 9.17) is 9.47 Å². The number of rotatable bonds is 64. The lowest BCUT2D eigenvalue weighted by Gasteiger charge is -2.40. The first-order chi connectivity index (χ1) is 39.8. The molecule has 1 saturated heterocycles. The van der Waals surface area contributed by atoms with Gasteiger partial charge in [-0.2, -0.15) is 0 Å². The smallest absolute Gasteiger partial charge is 0.220 e. The van der Waals surface area contributed by atoms with Gasteiger partial charge in [0.1, 0.15) is 24.4 Å². The first kappa shape index (κ1) is 77.7. The summed E-state index contributed by atoms with van der Waals surface area (Å²) in [5.41, 5.74) is 0. The van der Waals surface area contributed by atoms with Gasteiger partial charge < -0.3 is 40.3 Å². The maximum absolute atomic E-state index is 13.1. The van der Waals surface area contributed by atoms with Crippen LogP contribution in [0.15, 0.2) is 24.3 Å². The average Bonchev–Trinajstić information content (AvgIpc) is 3.48.